The zero-order valence-electron chi connectivity index (χ0n) is 9.24. The van der Waals surface area contributed by atoms with Crippen LogP contribution in [0.15, 0.2) is 6.33 Å². The number of piperidine rings is 1. The number of hydrogen-bond donors (Lipinski definition) is 2. The van der Waals surface area contributed by atoms with E-state index in [2.05, 4.69) is 32.4 Å². The van der Waals surface area contributed by atoms with E-state index in [4.69, 9.17) is 0 Å². The van der Waals surface area contributed by atoms with Crippen LogP contribution < -0.4 is 5.32 Å². The molecule has 0 bridgehead atoms. The average Bonchev–Trinajstić information content (AvgIpc) is 2.74. The van der Waals surface area contributed by atoms with E-state index in [1.807, 2.05) is 0 Å². The van der Waals surface area contributed by atoms with Gasteiger partial charge in [-0.15, -0.1) is 0 Å². The van der Waals surface area contributed by atoms with E-state index in [1.54, 1.807) is 6.33 Å². The van der Waals surface area contributed by atoms with Crippen molar-refractivity contribution in [2.24, 2.45) is 5.92 Å². The molecule has 2 heterocycles. The molecule has 1 saturated heterocycles. The Balaban J connectivity index is 1.62. The molecule has 1 aliphatic heterocycles. The van der Waals surface area contributed by atoms with Gasteiger partial charge in [0, 0.05) is 0 Å². The lowest BCUT2D eigenvalue weighted by molar-refractivity contribution is 0.215. The largest absolute Gasteiger partial charge is 0.310 e. The zero-order chi connectivity index (χ0) is 10.5. The molecule has 0 aliphatic carbocycles. The minimum atomic E-state index is 0.798. The minimum Gasteiger partial charge on any atom is -0.310 e. The second-order valence-electron chi connectivity index (χ2n) is 4.31. The molecular weight excluding hydrogens is 190 g/mol. The molecule has 0 amide bonds. The first-order valence-corrected chi connectivity index (χ1v) is 5.58. The summed E-state index contributed by atoms with van der Waals surface area (Å²) < 4.78 is 0. The Morgan fingerprint density at radius 1 is 1.53 bits per heavy atom. The van der Waals surface area contributed by atoms with E-state index in [0.717, 1.165) is 24.8 Å². The van der Waals surface area contributed by atoms with Crippen LogP contribution in [0.4, 0.5) is 0 Å². The van der Waals surface area contributed by atoms with E-state index in [0.29, 0.717) is 0 Å². The molecule has 1 aliphatic rings. The Morgan fingerprint density at radius 2 is 2.33 bits per heavy atom. The molecule has 1 aromatic rings. The summed E-state index contributed by atoms with van der Waals surface area (Å²) in [4.78, 5) is 6.47. The van der Waals surface area contributed by atoms with E-state index < -0.39 is 0 Å². The molecule has 5 nitrogen and oxygen atoms in total. The van der Waals surface area contributed by atoms with Crippen LogP contribution in [0.1, 0.15) is 18.7 Å². The lowest BCUT2D eigenvalue weighted by atomic mass is 9.97. The number of hydrogen-bond acceptors (Lipinski definition) is 4. The first-order valence-electron chi connectivity index (χ1n) is 5.58. The van der Waals surface area contributed by atoms with Gasteiger partial charge in [-0.2, -0.15) is 5.10 Å². The number of nitrogens with one attached hydrogen (secondary N) is 2. The second-order valence-corrected chi connectivity index (χ2v) is 4.31. The van der Waals surface area contributed by atoms with E-state index in [-0.39, 0.29) is 0 Å². The summed E-state index contributed by atoms with van der Waals surface area (Å²) in [5, 5.41) is 10.1. The van der Waals surface area contributed by atoms with Gasteiger partial charge in [0.1, 0.15) is 12.2 Å². The van der Waals surface area contributed by atoms with Gasteiger partial charge >= 0.3 is 0 Å². The molecule has 0 saturated carbocycles. The van der Waals surface area contributed by atoms with Gasteiger partial charge in [0.05, 0.1) is 6.54 Å². The Bertz CT molecular complexity index is 263. The Kier molecular flexibility index (Phi) is 3.69. The van der Waals surface area contributed by atoms with Crippen LogP contribution in [0, 0.1) is 5.92 Å². The third-order valence-corrected chi connectivity index (χ3v) is 3.03. The van der Waals surface area contributed by atoms with Crippen LogP contribution in [-0.4, -0.2) is 46.8 Å². The molecular formula is C10H19N5. The molecule has 0 aromatic carbocycles. The van der Waals surface area contributed by atoms with Crippen LogP contribution in [0.5, 0.6) is 0 Å². The monoisotopic (exact) mass is 209 g/mol. The maximum absolute atomic E-state index is 4.07. The van der Waals surface area contributed by atoms with E-state index in [9.17, 15) is 0 Å². The highest BCUT2D eigenvalue weighted by Gasteiger charge is 2.15. The summed E-state index contributed by atoms with van der Waals surface area (Å²) in [7, 11) is 2.19. The van der Waals surface area contributed by atoms with Crippen molar-refractivity contribution in [2.45, 2.75) is 19.4 Å². The predicted molar refractivity (Wildman–Crippen MR) is 58.3 cm³/mol. The first-order chi connectivity index (χ1) is 7.34. The van der Waals surface area contributed by atoms with E-state index in [1.165, 1.54) is 25.9 Å². The predicted octanol–water partition coefficient (Wildman–Crippen LogP) is 0.236. The minimum absolute atomic E-state index is 0.798. The summed E-state index contributed by atoms with van der Waals surface area (Å²) >= 11 is 0. The summed E-state index contributed by atoms with van der Waals surface area (Å²) in [5.41, 5.74) is 0. The van der Waals surface area contributed by atoms with Crippen molar-refractivity contribution in [3.05, 3.63) is 12.2 Å². The van der Waals surface area contributed by atoms with Crippen LogP contribution >= 0.6 is 0 Å². The third-order valence-electron chi connectivity index (χ3n) is 3.03. The normalized spacial score (nSPS) is 19.5. The van der Waals surface area contributed by atoms with Crippen LogP contribution in [0.25, 0.3) is 0 Å². The number of aromatic nitrogens is 3. The number of H-pyrrole nitrogens is 1. The average molecular weight is 209 g/mol. The first kappa shape index (κ1) is 10.6. The van der Waals surface area contributed by atoms with Gasteiger partial charge in [-0.3, -0.25) is 5.10 Å². The quantitative estimate of drug-likeness (QED) is 0.745. The summed E-state index contributed by atoms with van der Waals surface area (Å²) in [6.07, 6.45) is 4.16. The van der Waals surface area contributed by atoms with Crippen LogP contribution in [0.2, 0.25) is 0 Å². The van der Waals surface area contributed by atoms with Crippen molar-refractivity contribution in [3.63, 3.8) is 0 Å². The van der Waals surface area contributed by atoms with Gasteiger partial charge < -0.3 is 10.2 Å². The molecule has 0 atom stereocenters. The molecule has 2 N–H and O–H groups in total. The highest BCUT2D eigenvalue weighted by molar-refractivity contribution is 4.79. The van der Waals surface area contributed by atoms with Gasteiger partial charge in [0.15, 0.2) is 0 Å². The molecule has 0 unspecified atom stereocenters. The number of rotatable bonds is 4. The van der Waals surface area contributed by atoms with E-state index >= 15 is 0 Å². The fraction of sp³-hybridized carbons (Fsp3) is 0.800. The van der Waals surface area contributed by atoms with Gasteiger partial charge in [0.25, 0.3) is 0 Å². The van der Waals surface area contributed by atoms with Crippen molar-refractivity contribution < 1.29 is 0 Å². The van der Waals surface area contributed by atoms with Crippen molar-refractivity contribution >= 4 is 0 Å². The molecule has 84 valence electrons. The number of likely N-dealkylation sites (tertiary alicyclic amines) is 1. The Hall–Kier alpha value is -0.940. The second kappa shape index (κ2) is 5.23. The summed E-state index contributed by atoms with van der Waals surface area (Å²) in [6.45, 7) is 4.35. The maximum Gasteiger partial charge on any atom is 0.138 e. The van der Waals surface area contributed by atoms with Gasteiger partial charge in [-0.1, -0.05) is 0 Å². The lowest BCUT2D eigenvalue weighted by Gasteiger charge is -2.28. The smallest absolute Gasteiger partial charge is 0.138 e. The lowest BCUT2D eigenvalue weighted by Crippen LogP contribution is -2.34. The van der Waals surface area contributed by atoms with Crippen molar-refractivity contribution in [1.82, 2.24) is 25.4 Å². The van der Waals surface area contributed by atoms with Crippen LogP contribution in [0.3, 0.4) is 0 Å². The molecule has 1 fully saturated rings. The van der Waals surface area contributed by atoms with Crippen molar-refractivity contribution in [3.8, 4) is 0 Å². The summed E-state index contributed by atoms with van der Waals surface area (Å²) in [6, 6.07) is 0. The standard InChI is InChI=1S/C10H19N5/c1-15-4-2-9(3-5-15)6-11-7-10-12-8-13-14-10/h8-9,11H,2-7H2,1H3,(H,12,13,14). The van der Waals surface area contributed by atoms with Gasteiger partial charge in [-0.05, 0) is 45.4 Å². The number of aromatic amines is 1. The number of nitrogens with zero attached hydrogens (tertiary/aromatic N) is 3. The molecule has 15 heavy (non-hydrogen) atoms. The fourth-order valence-corrected chi connectivity index (χ4v) is 1.98. The van der Waals surface area contributed by atoms with Gasteiger partial charge in [-0.25, -0.2) is 4.98 Å². The van der Waals surface area contributed by atoms with Crippen molar-refractivity contribution in [2.75, 3.05) is 26.7 Å². The molecule has 1 aromatic heterocycles. The Labute approximate surface area is 90.3 Å². The third kappa shape index (κ3) is 3.28. The SMILES string of the molecule is CN1CCC(CNCc2ncn[nH]2)CC1. The molecule has 2 rings (SSSR count). The van der Waals surface area contributed by atoms with Gasteiger partial charge in [0.2, 0.25) is 0 Å². The molecule has 5 heteroatoms. The molecule has 0 radical (unpaired) electrons. The Morgan fingerprint density at radius 3 is 3.00 bits per heavy atom. The maximum atomic E-state index is 4.07. The van der Waals surface area contributed by atoms with Crippen LogP contribution in [-0.2, 0) is 6.54 Å². The fourth-order valence-electron chi connectivity index (χ4n) is 1.98. The zero-order valence-corrected chi connectivity index (χ0v) is 9.24. The topological polar surface area (TPSA) is 56.8 Å². The molecule has 0 spiro atoms. The highest BCUT2D eigenvalue weighted by Crippen LogP contribution is 2.14. The highest BCUT2D eigenvalue weighted by atomic mass is 15.2. The van der Waals surface area contributed by atoms with Crippen molar-refractivity contribution in [1.29, 1.82) is 0 Å². The summed E-state index contributed by atoms with van der Waals surface area (Å²) in [5.74, 6) is 1.74.